The Morgan fingerprint density at radius 1 is 1.18 bits per heavy atom. The number of rotatable bonds is 5. The molecule has 2 aromatic carbocycles. The van der Waals surface area contributed by atoms with Crippen molar-refractivity contribution in [3.8, 4) is 0 Å². The van der Waals surface area contributed by atoms with Crippen LogP contribution in [0.15, 0.2) is 42.5 Å². The predicted octanol–water partition coefficient (Wildman–Crippen LogP) is 4.99. The van der Waals surface area contributed by atoms with Crippen molar-refractivity contribution in [2.24, 2.45) is 0 Å². The maximum absolute atomic E-state index is 12.2. The van der Waals surface area contributed by atoms with Crippen molar-refractivity contribution >= 4 is 40.5 Å². The second kappa shape index (κ2) is 7.52. The van der Waals surface area contributed by atoms with Gasteiger partial charge in [-0.15, -0.1) is 0 Å². The third-order valence-corrected chi connectivity index (χ3v) is 3.85. The topological polar surface area (TPSA) is 41.1 Å². The molecular formula is C17H18Cl2N2O. The summed E-state index contributed by atoms with van der Waals surface area (Å²) in [6, 6.07) is 12.6. The van der Waals surface area contributed by atoms with Crippen LogP contribution in [0.25, 0.3) is 0 Å². The standard InChI is InChI=1S/C17H18Cl2N2O/c1-3-12-5-4-6-14(9-12)20-11(2)17(22)21-16-8-7-13(18)10-15(16)19/h4-11,20H,3H2,1-2H3,(H,21,22)/t11-/m1/s1. The molecule has 0 aliphatic carbocycles. The third kappa shape index (κ3) is 4.39. The first-order valence-electron chi connectivity index (χ1n) is 7.11. The van der Waals surface area contributed by atoms with Crippen molar-refractivity contribution in [3.63, 3.8) is 0 Å². The predicted molar refractivity (Wildman–Crippen MR) is 94.0 cm³/mol. The molecule has 0 unspecified atom stereocenters. The zero-order valence-electron chi connectivity index (χ0n) is 12.5. The summed E-state index contributed by atoms with van der Waals surface area (Å²) in [4.78, 5) is 12.2. The number of nitrogens with one attached hydrogen (secondary N) is 2. The van der Waals surface area contributed by atoms with Crippen LogP contribution >= 0.6 is 23.2 Å². The van der Waals surface area contributed by atoms with E-state index in [1.54, 1.807) is 25.1 Å². The Bertz CT molecular complexity index is 673. The molecule has 0 bridgehead atoms. The van der Waals surface area contributed by atoms with Crippen molar-refractivity contribution in [2.75, 3.05) is 10.6 Å². The molecule has 116 valence electrons. The second-order valence-corrected chi connectivity index (χ2v) is 5.88. The van der Waals surface area contributed by atoms with Gasteiger partial charge in [0.1, 0.15) is 6.04 Å². The van der Waals surface area contributed by atoms with Crippen LogP contribution in [0.5, 0.6) is 0 Å². The second-order valence-electron chi connectivity index (χ2n) is 5.03. The van der Waals surface area contributed by atoms with E-state index in [2.05, 4.69) is 23.6 Å². The van der Waals surface area contributed by atoms with Crippen molar-refractivity contribution in [3.05, 3.63) is 58.1 Å². The lowest BCUT2D eigenvalue weighted by molar-refractivity contribution is -0.116. The average molecular weight is 337 g/mol. The van der Waals surface area contributed by atoms with Gasteiger partial charge in [0.15, 0.2) is 0 Å². The molecule has 2 aromatic rings. The van der Waals surface area contributed by atoms with Gasteiger partial charge in [-0.25, -0.2) is 0 Å². The number of anilines is 2. The summed E-state index contributed by atoms with van der Waals surface area (Å²) in [6.45, 7) is 3.90. The average Bonchev–Trinajstić information content (AvgIpc) is 2.50. The lowest BCUT2D eigenvalue weighted by Gasteiger charge is -2.16. The van der Waals surface area contributed by atoms with Gasteiger partial charge in [-0.3, -0.25) is 4.79 Å². The Kier molecular flexibility index (Phi) is 5.69. The summed E-state index contributed by atoms with van der Waals surface area (Å²) in [7, 11) is 0. The molecule has 22 heavy (non-hydrogen) atoms. The van der Waals surface area contributed by atoms with E-state index in [4.69, 9.17) is 23.2 Å². The molecular weight excluding hydrogens is 319 g/mol. The zero-order chi connectivity index (χ0) is 16.1. The van der Waals surface area contributed by atoms with Crippen LogP contribution < -0.4 is 10.6 Å². The largest absolute Gasteiger partial charge is 0.374 e. The summed E-state index contributed by atoms with van der Waals surface area (Å²) in [5.74, 6) is -0.161. The highest BCUT2D eigenvalue weighted by atomic mass is 35.5. The molecule has 0 fully saturated rings. The molecule has 0 aliphatic rings. The number of halogens is 2. The Labute approximate surface area is 140 Å². The van der Waals surface area contributed by atoms with Crippen molar-refractivity contribution in [2.45, 2.75) is 26.3 Å². The first-order valence-corrected chi connectivity index (χ1v) is 7.86. The lowest BCUT2D eigenvalue weighted by Crippen LogP contribution is -2.31. The molecule has 0 heterocycles. The minimum absolute atomic E-state index is 0.161. The normalized spacial score (nSPS) is 11.8. The van der Waals surface area contributed by atoms with Crippen LogP contribution in [-0.4, -0.2) is 11.9 Å². The van der Waals surface area contributed by atoms with Gasteiger partial charge in [-0.1, -0.05) is 42.3 Å². The Hall–Kier alpha value is -1.71. The molecule has 0 saturated heterocycles. The first-order chi connectivity index (χ1) is 10.5. The highest BCUT2D eigenvalue weighted by Gasteiger charge is 2.14. The van der Waals surface area contributed by atoms with Crippen LogP contribution in [0.4, 0.5) is 11.4 Å². The van der Waals surface area contributed by atoms with Crippen LogP contribution in [0.2, 0.25) is 10.0 Å². The van der Waals surface area contributed by atoms with Gasteiger partial charge < -0.3 is 10.6 Å². The maximum Gasteiger partial charge on any atom is 0.246 e. The molecule has 0 aromatic heterocycles. The van der Waals surface area contributed by atoms with Crippen molar-refractivity contribution in [1.82, 2.24) is 0 Å². The van der Waals surface area contributed by atoms with E-state index in [9.17, 15) is 4.79 Å². The number of carbonyl (C=O) groups excluding carboxylic acids is 1. The number of aryl methyl sites for hydroxylation is 1. The molecule has 0 spiro atoms. The van der Waals surface area contributed by atoms with E-state index in [1.807, 2.05) is 18.2 Å². The fraction of sp³-hybridized carbons (Fsp3) is 0.235. The Morgan fingerprint density at radius 3 is 2.64 bits per heavy atom. The number of hydrogen-bond donors (Lipinski definition) is 2. The quantitative estimate of drug-likeness (QED) is 0.806. The summed E-state index contributed by atoms with van der Waals surface area (Å²) in [5, 5.41) is 6.93. The third-order valence-electron chi connectivity index (χ3n) is 3.30. The fourth-order valence-electron chi connectivity index (χ4n) is 2.03. The summed E-state index contributed by atoms with van der Waals surface area (Å²) in [6.07, 6.45) is 0.955. The van der Waals surface area contributed by atoms with E-state index >= 15 is 0 Å². The summed E-state index contributed by atoms with van der Waals surface area (Å²) < 4.78 is 0. The Balaban J connectivity index is 2.02. The van der Waals surface area contributed by atoms with Gasteiger partial charge in [0.05, 0.1) is 10.7 Å². The van der Waals surface area contributed by atoms with Gasteiger partial charge in [-0.05, 0) is 49.2 Å². The smallest absolute Gasteiger partial charge is 0.246 e. The fourth-order valence-corrected chi connectivity index (χ4v) is 2.48. The molecule has 0 aliphatic heterocycles. The lowest BCUT2D eigenvalue weighted by atomic mass is 10.1. The molecule has 1 amide bonds. The van der Waals surface area contributed by atoms with Crippen molar-refractivity contribution < 1.29 is 4.79 Å². The minimum atomic E-state index is -0.390. The first kappa shape index (κ1) is 16.7. The summed E-state index contributed by atoms with van der Waals surface area (Å²) >= 11 is 11.9. The van der Waals surface area contributed by atoms with Crippen LogP contribution in [0.1, 0.15) is 19.4 Å². The maximum atomic E-state index is 12.2. The molecule has 2 rings (SSSR count). The SMILES string of the molecule is CCc1cccc(N[C@H](C)C(=O)Nc2ccc(Cl)cc2Cl)c1. The highest BCUT2D eigenvalue weighted by molar-refractivity contribution is 6.36. The van der Waals surface area contributed by atoms with E-state index in [0.717, 1.165) is 12.1 Å². The number of amides is 1. The van der Waals surface area contributed by atoms with Crippen LogP contribution in [0.3, 0.4) is 0 Å². The Morgan fingerprint density at radius 2 is 1.95 bits per heavy atom. The minimum Gasteiger partial charge on any atom is -0.374 e. The van der Waals surface area contributed by atoms with E-state index in [1.165, 1.54) is 5.56 Å². The molecule has 0 radical (unpaired) electrons. The summed E-state index contributed by atoms with van der Waals surface area (Å²) in [5.41, 5.74) is 2.69. The molecule has 1 atom stereocenters. The van der Waals surface area contributed by atoms with Gasteiger partial charge in [0.25, 0.3) is 0 Å². The monoisotopic (exact) mass is 336 g/mol. The van der Waals surface area contributed by atoms with Gasteiger partial charge in [0, 0.05) is 10.7 Å². The van der Waals surface area contributed by atoms with E-state index in [-0.39, 0.29) is 11.9 Å². The molecule has 3 nitrogen and oxygen atoms in total. The van der Waals surface area contributed by atoms with Crippen LogP contribution in [0, 0.1) is 0 Å². The number of hydrogen-bond acceptors (Lipinski definition) is 2. The number of carbonyl (C=O) groups is 1. The molecule has 5 heteroatoms. The molecule has 0 saturated carbocycles. The van der Waals surface area contributed by atoms with E-state index < -0.39 is 0 Å². The molecule has 2 N–H and O–H groups in total. The number of benzene rings is 2. The zero-order valence-corrected chi connectivity index (χ0v) is 14.0. The van der Waals surface area contributed by atoms with Crippen LogP contribution in [-0.2, 0) is 11.2 Å². The van der Waals surface area contributed by atoms with Gasteiger partial charge in [0.2, 0.25) is 5.91 Å². The van der Waals surface area contributed by atoms with Crippen molar-refractivity contribution in [1.29, 1.82) is 0 Å². The highest BCUT2D eigenvalue weighted by Crippen LogP contribution is 2.25. The van der Waals surface area contributed by atoms with E-state index in [0.29, 0.717) is 15.7 Å². The van der Waals surface area contributed by atoms with Gasteiger partial charge in [-0.2, -0.15) is 0 Å². The van der Waals surface area contributed by atoms with Gasteiger partial charge >= 0.3 is 0 Å².